The fourth-order valence-electron chi connectivity index (χ4n) is 8.11. The smallest absolute Gasteiger partial charge is 0.353 e. The van der Waals surface area contributed by atoms with Crippen LogP contribution < -0.4 is 0 Å². The van der Waals surface area contributed by atoms with Crippen LogP contribution >= 0.6 is 0 Å². The predicted molar refractivity (Wildman–Crippen MR) is 105 cm³/mol. The normalized spacial score (nSPS) is 41.6. The van der Waals surface area contributed by atoms with Gasteiger partial charge in [0.2, 0.25) is 0 Å². The van der Waals surface area contributed by atoms with E-state index in [1.165, 1.54) is 13.8 Å². The first-order valence-electron chi connectivity index (χ1n) is 12.3. The number of hydrogen-bond donors (Lipinski definition) is 0. The average Bonchev–Trinajstić information content (AvgIpc) is 3.28. The number of fused-ring (bicyclic) bond motifs is 2. The summed E-state index contributed by atoms with van der Waals surface area (Å²) in [5, 5.41) is 0. The van der Waals surface area contributed by atoms with E-state index in [1.807, 2.05) is 0 Å². The van der Waals surface area contributed by atoms with E-state index in [2.05, 4.69) is 4.74 Å². The van der Waals surface area contributed by atoms with Crippen LogP contribution in [-0.4, -0.2) is 54.4 Å². The Balaban J connectivity index is 1.90. The molecule has 0 amide bonds. The van der Waals surface area contributed by atoms with Crippen LogP contribution in [0.2, 0.25) is 0 Å². The van der Waals surface area contributed by atoms with Crippen molar-refractivity contribution < 1.29 is 66.9 Å². The lowest BCUT2D eigenvalue weighted by Crippen LogP contribution is -2.65. The van der Waals surface area contributed by atoms with Gasteiger partial charge in [-0.15, -0.1) is 0 Å². The maximum atomic E-state index is 14.4. The molecule has 4 rings (SSSR count). The summed E-state index contributed by atoms with van der Waals surface area (Å²) in [6, 6.07) is 0. The highest BCUT2D eigenvalue weighted by atomic mass is 19.4. The molecular weight excluding hydrogens is 552 g/mol. The summed E-state index contributed by atoms with van der Waals surface area (Å²) in [7, 11) is 0. The van der Waals surface area contributed by atoms with E-state index in [0.717, 1.165) is 0 Å². The molecule has 2 saturated heterocycles. The number of hydrogen-bond acceptors (Lipinski definition) is 3. The summed E-state index contributed by atoms with van der Waals surface area (Å²) >= 11 is 0. The van der Waals surface area contributed by atoms with E-state index in [0.29, 0.717) is 25.9 Å². The lowest BCUT2D eigenvalue weighted by atomic mass is 9.61. The van der Waals surface area contributed by atoms with Crippen LogP contribution in [0.25, 0.3) is 0 Å². The van der Waals surface area contributed by atoms with Crippen molar-refractivity contribution in [2.24, 2.45) is 35.5 Å². The second kappa shape index (κ2) is 8.77. The summed E-state index contributed by atoms with van der Waals surface area (Å²) in [4.78, 5) is 0. The Bertz CT molecular complexity index is 860. The van der Waals surface area contributed by atoms with E-state index in [9.17, 15) is 52.7 Å². The van der Waals surface area contributed by atoms with Crippen LogP contribution in [0.4, 0.5) is 52.7 Å². The third-order valence-electron chi connectivity index (χ3n) is 9.56. The van der Waals surface area contributed by atoms with E-state index >= 15 is 0 Å². The minimum atomic E-state index is -6.65. The average molecular weight is 580 g/mol. The molecule has 38 heavy (non-hydrogen) atoms. The number of rotatable bonds is 3. The van der Waals surface area contributed by atoms with Crippen LogP contribution in [-0.2, 0) is 14.2 Å². The molecule has 3 nitrogen and oxygen atoms in total. The topological polar surface area (TPSA) is 27.7 Å². The fraction of sp³-hybridized carbons (Fsp3) is 1.00. The van der Waals surface area contributed by atoms with Crippen molar-refractivity contribution in [3.05, 3.63) is 0 Å². The van der Waals surface area contributed by atoms with E-state index in [1.54, 1.807) is 0 Å². The van der Waals surface area contributed by atoms with Gasteiger partial charge in [-0.1, -0.05) is 13.8 Å². The minimum Gasteiger partial charge on any atom is -0.353 e. The van der Waals surface area contributed by atoms with Gasteiger partial charge >= 0.3 is 24.7 Å². The predicted octanol–water partition coefficient (Wildman–Crippen LogP) is 7.59. The first-order chi connectivity index (χ1) is 17.1. The van der Waals surface area contributed by atoms with Gasteiger partial charge in [0, 0.05) is 18.4 Å². The Kier molecular flexibility index (Phi) is 6.92. The Morgan fingerprint density at radius 2 is 1.18 bits per heavy atom. The lowest BCUT2D eigenvalue weighted by molar-refractivity contribution is -0.449. The number of ether oxygens (including phenoxy) is 3. The molecule has 2 saturated carbocycles. The zero-order chi connectivity index (χ0) is 28.9. The quantitative estimate of drug-likeness (QED) is 0.322. The maximum Gasteiger partial charge on any atom is 0.426 e. The van der Waals surface area contributed by atoms with Crippen molar-refractivity contribution >= 4 is 0 Å². The van der Waals surface area contributed by atoms with Gasteiger partial charge in [0.05, 0.1) is 5.60 Å². The molecule has 4 fully saturated rings. The molecule has 8 unspecified atom stereocenters. The monoisotopic (exact) mass is 580 g/mol. The number of alkyl halides is 12. The molecule has 222 valence electrons. The van der Waals surface area contributed by atoms with Gasteiger partial charge in [0.1, 0.15) is 0 Å². The van der Waals surface area contributed by atoms with Gasteiger partial charge in [-0.3, -0.25) is 0 Å². The first kappa shape index (κ1) is 30.0. The Morgan fingerprint density at radius 3 is 1.63 bits per heavy atom. The third-order valence-corrected chi connectivity index (χ3v) is 9.56. The molecule has 15 heteroatoms. The van der Waals surface area contributed by atoms with Gasteiger partial charge in [0.25, 0.3) is 11.2 Å². The molecule has 2 aliphatic heterocycles. The van der Waals surface area contributed by atoms with Gasteiger partial charge in [-0.2, -0.15) is 52.7 Å². The molecule has 8 atom stereocenters. The molecule has 0 radical (unpaired) electrons. The summed E-state index contributed by atoms with van der Waals surface area (Å²) in [5.74, 6) is -11.4. The highest BCUT2D eigenvalue weighted by Crippen LogP contribution is 2.73. The molecule has 0 spiro atoms. The van der Waals surface area contributed by atoms with E-state index in [-0.39, 0.29) is 19.8 Å². The standard InChI is InChI=1S/C23H28F12O3/c1-10-12-7-8-13(17(12,3)37-14-6-4-5-9-36-14)15(10)16-11(2)18(20(24,25)26,21(27,28)29)38-19(16,22(30,31)32)23(33,34)35/h10-16H,4-9H2,1-3H3. The molecule has 0 aromatic carbocycles. The molecular formula is C23H28F12O3. The third kappa shape index (κ3) is 3.82. The molecule has 2 aliphatic carbocycles. The van der Waals surface area contributed by atoms with Crippen molar-refractivity contribution in [2.45, 2.75) is 101 Å². The van der Waals surface area contributed by atoms with Crippen molar-refractivity contribution in [3.8, 4) is 0 Å². The van der Waals surface area contributed by atoms with Crippen LogP contribution in [0.1, 0.15) is 52.9 Å². The molecule has 2 bridgehead atoms. The summed E-state index contributed by atoms with van der Waals surface area (Å²) in [6.07, 6.45) is -25.4. The zero-order valence-electron chi connectivity index (χ0n) is 20.5. The second-order valence-electron chi connectivity index (χ2n) is 11.2. The highest BCUT2D eigenvalue weighted by Gasteiger charge is 2.92. The largest absolute Gasteiger partial charge is 0.426 e. The van der Waals surface area contributed by atoms with Crippen molar-refractivity contribution in [1.82, 2.24) is 0 Å². The van der Waals surface area contributed by atoms with Gasteiger partial charge in [0.15, 0.2) is 6.29 Å². The van der Waals surface area contributed by atoms with E-state index < -0.39 is 83.3 Å². The molecule has 0 aromatic heterocycles. The minimum absolute atomic E-state index is 0.0249. The lowest BCUT2D eigenvalue weighted by Gasteiger charge is -2.45. The van der Waals surface area contributed by atoms with Gasteiger partial charge in [-0.05, 0) is 62.7 Å². The Hall–Kier alpha value is -0.960. The molecule has 4 aliphatic rings. The summed E-state index contributed by atoms with van der Waals surface area (Å²) < 4.78 is 186. The fourth-order valence-corrected chi connectivity index (χ4v) is 8.11. The van der Waals surface area contributed by atoms with Crippen molar-refractivity contribution in [2.75, 3.05) is 6.61 Å². The summed E-state index contributed by atoms with van der Waals surface area (Å²) in [6.45, 7) is 3.15. The highest BCUT2D eigenvalue weighted by molar-refractivity contribution is 5.23. The van der Waals surface area contributed by atoms with E-state index in [4.69, 9.17) is 9.47 Å². The van der Waals surface area contributed by atoms with Crippen LogP contribution in [0.3, 0.4) is 0 Å². The van der Waals surface area contributed by atoms with Gasteiger partial charge in [-0.25, -0.2) is 0 Å². The zero-order valence-corrected chi connectivity index (χ0v) is 20.5. The van der Waals surface area contributed by atoms with Crippen molar-refractivity contribution in [1.29, 1.82) is 0 Å². The summed E-state index contributed by atoms with van der Waals surface area (Å²) in [5.41, 5.74) is -12.8. The molecule has 2 heterocycles. The van der Waals surface area contributed by atoms with Crippen LogP contribution in [0.15, 0.2) is 0 Å². The SMILES string of the molecule is CC1C(C2C(C)C(C(F)(F)F)(C(F)(F)F)OC2(C(F)(F)F)C(F)(F)F)C2CCC1C2(C)OC1CCCCO1. The van der Waals surface area contributed by atoms with Crippen LogP contribution in [0, 0.1) is 35.5 Å². The van der Waals surface area contributed by atoms with Crippen LogP contribution in [0.5, 0.6) is 0 Å². The maximum absolute atomic E-state index is 14.4. The van der Waals surface area contributed by atoms with Gasteiger partial charge < -0.3 is 14.2 Å². The number of halogens is 12. The Morgan fingerprint density at radius 1 is 0.684 bits per heavy atom. The molecule has 0 aromatic rings. The molecule has 0 N–H and O–H groups in total. The second-order valence-corrected chi connectivity index (χ2v) is 11.2. The Labute approximate surface area is 210 Å². The first-order valence-corrected chi connectivity index (χ1v) is 12.3. The van der Waals surface area contributed by atoms with Crippen molar-refractivity contribution in [3.63, 3.8) is 0 Å².